The Hall–Kier alpha value is -2.22. The second-order valence-corrected chi connectivity index (χ2v) is 7.77. The van der Waals surface area contributed by atoms with Crippen LogP contribution in [0.1, 0.15) is 67.2 Å². The fourth-order valence-electron chi connectivity index (χ4n) is 4.90. The maximum Gasteiger partial charge on any atom is 0.0519 e. The average Bonchev–Trinajstić information content (AvgIpc) is 3.27. The SMILES string of the molecule is c1ccc2c(c1)CCC2Nc1ccc2c(C3CCCCC3)c[nH]c2c1. The van der Waals surface area contributed by atoms with Gasteiger partial charge in [0.25, 0.3) is 0 Å². The number of aromatic nitrogens is 1. The molecule has 1 unspecified atom stereocenters. The van der Waals surface area contributed by atoms with E-state index < -0.39 is 0 Å². The van der Waals surface area contributed by atoms with Crippen molar-refractivity contribution in [3.63, 3.8) is 0 Å². The normalized spacial score (nSPS) is 20.7. The maximum atomic E-state index is 3.76. The first-order valence-electron chi connectivity index (χ1n) is 9.84. The van der Waals surface area contributed by atoms with Gasteiger partial charge in [-0.25, -0.2) is 0 Å². The molecule has 25 heavy (non-hydrogen) atoms. The summed E-state index contributed by atoms with van der Waals surface area (Å²) in [6.07, 6.45) is 11.5. The highest BCUT2D eigenvalue weighted by molar-refractivity contribution is 5.86. The van der Waals surface area contributed by atoms with E-state index in [4.69, 9.17) is 0 Å². The molecule has 0 saturated heterocycles. The minimum Gasteiger partial charge on any atom is -0.378 e. The Balaban J connectivity index is 1.40. The van der Waals surface area contributed by atoms with Gasteiger partial charge >= 0.3 is 0 Å². The number of benzene rings is 2. The molecule has 5 rings (SSSR count). The molecule has 128 valence electrons. The van der Waals surface area contributed by atoms with Gasteiger partial charge in [-0.1, -0.05) is 49.6 Å². The zero-order valence-corrected chi connectivity index (χ0v) is 14.7. The first kappa shape index (κ1) is 15.1. The van der Waals surface area contributed by atoms with Crippen LogP contribution >= 0.6 is 0 Å². The van der Waals surface area contributed by atoms with Crippen LogP contribution in [0.4, 0.5) is 5.69 Å². The van der Waals surface area contributed by atoms with Crippen LogP contribution in [0, 0.1) is 0 Å². The fraction of sp³-hybridized carbons (Fsp3) is 0.391. The summed E-state index contributed by atoms with van der Waals surface area (Å²) in [5.41, 5.74) is 7.01. The van der Waals surface area contributed by atoms with Crippen molar-refractivity contribution in [1.82, 2.24) is 4.98 Å². The van der Waals surface area contributed by atoms with Crippen LogP contribution in [0.15, 0.2) is 48.7 Å². The zero-order chi connectivity index (χ0) is 16.6. The first-order chi connectivity index (χ1) is 12.4. The van der Waals surface area contributed by atoms with Gasteiger partial charge in [0.05, 0.1) is 6.04 Å². The van der Waals surface area contributed by atoms with Crippen molar-refractivity contribution in [2.45, 2.75) is 56.9 Å². The van der Waals surface area contributed by atoms with Crippen LogP contribution < -0.4 is 5.32 Å². The summed E-state index contributed by atoms with van der Waals surface area (Å²) in [6.45, 7) is 0. The number of hydrogen-bond donors (Lipinski definition) is 2. The molecule has 1 atom stereocenters. The van der Waals surface area contributed by atoms with Gasteiger partial charge in [-0.2, -0.15) is 0 Å². The minimum atomic E-state index is 0.446. The van der Waals surface area contributed by atoms with Crippen molar-refractivity contribution in [2.75, 3.05) is 5.32 Å². The molecule has 2 aromatic carbocycles. The van der Waals surface area contributed by atoms with Crippen molar-refractivity contribution in [1.29, 1.82) is 0 Å². The lowest BCUT2D eigenvalue weighted by atomic mass is 9.84. The molecule has 0 radical (unpaired) electrons. The van der Waals surface area contributed by atoms with E-state index >= 15 is 0 Å². The van der Waals surface area contributed by atoms with E-state index in [1.807, 2.05) is 0 Å². The third kappa shape index (κ3) is 2.74. The van der Waals surface area contributed by atoms with Crippen molar-refractivity contribution < 1.29 is 0 Å². The summed E-state index contributed by atoms with van der Waals surface area (Å²) in [6, 6.07) is 16.2. The average molecular weight is 330 g/mol. The second kappa shape index (κ2) is 6.25. The number of fused-ring (bicyclic) bond motifs is 2. The molecular formula is C23H26N2. The van der Waals surface area contributed by atoms with Gasteiger partial charge in [0.15, 0.2) is 0 Å². The summed E-state index contributed by atoms with van der Waals surface area (Å²) < 4.78 is 0. The minimum absolute atomic E-state index is 0.446. The largest absolute Gasteiger partial charge is 0.378 e. The monoisotopic (exact) mass is 330 g/mol. The Morgan fingerprint density at radius 2 is 1.76 bits per heavy atom. The predicted molar refractivity (Wildman–Crippen MR) is 105 cm³/mol. The highest BCUT2D eigenvalue weighted by Gasteiger charge is 2.22. The van der Waals surface area contributed by atoms with Crippen molar-refractivity contribution >= 4 is 16.6 Å². The summed E-state index contributed by atoms with van der Waals surface area (Å²) in [7, 11) is 0. The summed E-state index contributed by atoms with van der Waals surface area (Å²) in [5, 5.41) is 5.18. The summed E-state index contributed by atoms with van der Waals surface area (Å²) in [4.78, 5) is 3.53. The van der Waals surface area contributed by atoms with Gasteiger partial charge in [-0.3, -0.25) is 0 Å². The Kier molecular flexibility index (Phi) is 3.77. The maximum absolute atomic E-state index is 3.76. The Morgan fingerprint density at radius 3 is 2.68 bits per heavy atom. The molecule has 1 aromatic heterocycles. The van der Waals surface area contributed by atoms with Gasteiger partial charge in [-0.15, -0.1) is 0 Å². The molecule has 2 nitrogen and oxygen atoms in total. The van der Waals surface area contributed by atoms with Gasteiger partial charge in [-0.05, 0) is 60.4 Å². The molecule has 0 bridgehead atoms. The highest BCUT2D eigenvalue weighted by Crippen LogP contribution is 2.38. The lowest BCUT2D eigenvalue weighted by Gasteiger charge is -2.21. The Morgan fingerprint density at radius 1 is 0.880 bits per heavy atom. The molecule has 1 heterocycles. The molecule has 3 aromatic rings. The van der Waals surface area contributed by atoms with Gasteiger partial charge in [0, 0.05) is 22.8 Å². The van der Waals surface area contributed by atoms with E-state index in [0.717, 1.165) is 5.92 Å². The molecule has 0 aliphatic heterocycles. The van der Waals surface area contributed by atoms with E-state index in [0.29, 0.717) is 6.04 Å². The van der Waals surface area contributed by atoms with Crippen LogP contribution in [-0.4, -0.2) is 4.98 Å². The molecule has 2 aliphatic carbocycles. The lowest BCUT2D eigenvalue weighted by Crippen LogP contribution is -2.07. The quantitative estimate of drug-likeness (QED) is 0.578. The van der Waals surface area contributed by atoms with E-state index in [-0.39, 0.29) is 0 Å². The topological polar surface area (TPSA) is 27.8 Å². The van der Waals surface area contributed by atoms with Crippen LogP contribution in [0.3, 0.4) is 0 Å². The lowest BCUT2D eigenvalue weighted by molar-refractivity contribution is 0.445. The van der Waals surface area contributed by atoms with Crippen molar-refractivity contribution in [2.24, 2.45) is 0 Å². The van der Waals surface area contributed by atoms with Gasteiger partial charge in [0.2, 0.25) is 0 Å². The Bertz CT molecular complexity index is 886. The number of hydrogen-bond acceptors (Lipinski definition) is 1. The molecule has 2 heteroatoms. The smallest absolute Gasteiger partial charge is 0.0519 e. The summed E-state index contributed by atoms with van der Waals surface area (Å²) >= 11 is 0. The molecule has 1 fully saturated rings. The van der Waals surface area contributed by atoms with E-state index in [1.54, 1.807) is 0 Å². The number of H-pyrrole nitrogens is 1. The Labute approximate surface area is 149 Å². The standard InChI is InChI=1S/C23H26N2/c1-2-6-16(7-3-1)21-15-24-23-14-18(11-12-20(21)23)25-22-13-10-17-8-4-5-9-19(17)22/h4-5,8-9,11-12,14-16,22,24-25H,1-3,6-7,10,13H2. The van der Waals surface area contributed by atoms with Crippen LogP contribution in [0.2, 0.25) is 0 Å². The van der Waals surface area contributed by atoms with Gasteiger partial charge in [0.1, 0.15) is 0 Å². The predicted octanol–water partition coefficient (Wildman–Crippen LogP) is 6.32. The van der Waals surface area contributed by atoms with Crippen molar-refractivity contribution in [3.8, 4) is 0 Å². The van der Waals surface area contributed by atoms with Crippen LogP contribution in [-0.2, 0) is 6.42 Å². The molecule has 1 saturated carbocycles. The molecular weight excluding hydrogens is 304 g/mol. The number of nitrogens with one attached hydrogen (secondary N) is 2. The highest BCUT2D eigenvalue weighted by atomic mass is 14.9. The first-order valence-corrected chi connectivity index (χ1v) is 9.84. The third-order valence-electron chi connectivity index (χ3n) is 6.23. The number of anilines is 1. The number of aryl methyl sites for hydroxylation is 1. The second-order valence-electron chi connectivity index (χ2n) is 7.77. The van der Waals surface area contributed by atoms with E-state index in [2.05, 4.69) is 59.0 Å². The fourth-order valence-corrected chi connectivity index (χ4v) is 4.90. The van der Waals surface area contributed by atoms with E-state index in [9.17, 15) is 0 Å². The zero-order valence-electron chi connectivity index (χ0n) is 14.7. The van der Waals surface area contributed by atoms with Crippen LogP contribution in [0.5, 0.6) is 0 Å². The molecule has 2 aliphatic rings. The third-order valence-corrected chi connectivity index (χ3v) is 6.23. The molecule has 0 spiro atoms. The molecule has 2 N–H and O–H groups in total. The van der Waals surface area contributed by atoms with E-state index in [1.165, 1.54) is 78.2 Å². The van der Waals surface area contributed by atoms with Crippen LogP contribution in [0.25, 0.3) is 10.9 Å². The number of aromatic amines is 1. The number of rotatable bonds is 3. The summed E-state index contributed by atoms with van der Waals surface area (Å²) in [5.74, 6) is 0.753. The molecule has 0 amide bonds. The van der Waals surface area contributed by atoms with Crippen molar-refractivity contribution in [3.05, 3.63) is 65.4 Å². The van der Waals surface area contributed by atoms with Gasteiger partial charge < -0.3 is 10.3 Å².